The van der Waals surface area contributed by atoms with Crippen LogP contribution in [-0.2, 0) is 0 Å². The van der Waals surface area contributed by atoms with Gasteiger partial charge in [0, 0.05) is 16.3 Å². The number of benzene rings is 2. The predicted octanol–water partition coefficient (Wildman–Crippen LogP) is 5.37. The van der Waals surface area contributed by atoms with E-state index in [2.05, 4.69) is 5.32 Å². The van der Waals surface area contributed by atoms with E-state index in [1.54, 1.807) is 6.07 Å². The summed E-state index contributed by atoms with van der Waals surface area (Å²) in [5.41, 5.74) is 1.46. The minimum absolute atomic E-state index is 0.0469. The van der Waals surface area contributed by atoms with Crippen molar-refractivity contribution in [2.75, 3.05) is 5.32 Å². The van der Waals surface area contributed by atoms with Crippen molar-refractivity contribution < 1.29 is 18.7 Å². The van der Waals surface area contributed by atoms with E-state index in [0.29, 0.717) is 5.02 Å². The van der Waals surface area contributed by atoms with Gasteiger partial charge < -0.3 is 10.4 Å². The molecule has 1 aliphatic carbocycles. The third kappa shape index (κ3) is 2.67. The molecule has 2 aromatic carbocycles. The van der Waals surface area contributed by atoms with Gasteiger partial charge in [-0.2, -0.15) is 0 Å². The molecular weight excluding hydrogens is 348 g/mol. The highest BCUT2D eigenvalue weighted by molar-refractivity contribution is 6.30. The number of nitrogens with one attached hydrogen (secondary N) is 1. The standard InChI is InChI=1S/C19H16ClF2NO2/c20-10-4-5-16-13(8-10)11-2-1-3-12(11)18(23-16)17-14(21)6-9(19(24)25)7-15(17)22/h4-8,11-12,18,23H,1-3H2,(H,24,25)/t11-,12+,18-/m1/s1. The molecule has 0 aromatic heterocycles. The highest BCUT2D eigenvalue weighted by atomic mass is 35.5. The Labute approximate surface area is 148 Å². The Hall–Kier alpha value is -2.14. The van der Waals surface area contributed by atoms with Crippen LogP contribution in [-0.4, -0.2) is 11.1 Å². The second-order valence-corrected chi connectivity index (χ2v) is 7.15. The summed E-state index contributed by atoms with van der Waals surface area (Å²) in [6, 6.07) is 6.77. The average Bonchev–Trinajstić information content (AvgIpc) is 3.04. The van der Waals surface area contributed by atoms with Gasteiger partial charge in [-0.15, -0.1) is 0 Å². The fraction of sp³-hybridized carbons (Fsp3) is 0.316. The van der Waals surface area contributed by atoms with E-state index in [1.165, 1.54) is 0 Å². The molecule has 0 amide bonds. The number of hydrogen-bond donors (Lipinski definition) is 2. The quantitative estimate of drug-likeness (QED) is 0.754. The summed E-state index contributed by atoms with van der Waals surface area (Å²) in [6.45, 7) is 0. The lowest BCUT2D eigenvalue weighted by Gasteiger charge is -2.38. The molecular formula is C19H16ClF2NO2. The zero-order valence-electron chi connectivity index (χ0n) is 13.2. The van der Waals surface area contributed by atoms with E-state index < -0.39 is 23.6 Å². The summed E-state index contributed by atoms with van der Waals surface area (Å²) in [7, 11) is 0. The molecule has 2 N–H and O–H groups in total. The molecule has 2 aliphatic rings. The van der Waals surface area contributed by atoms with Crippen molar-refractivity contribution in [1.29, 1.82) is 0 Å². The second-order valence-electron chi connectivity index (χ2n) is 6.71. The molecule has 25 heavy (non-hydrogen) atoms. The van der Waals surface area contributed by atoms with Gasteiger partial charge in [-0.25, -0.2) is 13.6 Å². The molecule has 130 valence electrons. The lowest BCUT2D eigenvalue weighted by atomic mass is 9.77. The molecule has 3 nitrogen and oxygen atoms in total. The fourth-order valence-electron chi connectivity index (χ4n) is 4.31. The van der Waals surface area contributed by atoms with E-state index in [9.17, 15) is 13.6 Å². The summed E-state index contributed by atoms with van der Waals surface area (Å²) in [5, 5.41) is 12.9. The topological polar surface area (TPSA) is 49.3 Å². The van der Waals surface area contributed by atoms with Gasteiger partial charge in [0.2, 0.25) is 0 Å². The predicted molar refractivity (Wildman–Crippen MR) is 91.2 cm³/mol. The highest BCUT2D eigenvalue weighted by Gasteiger charge is 2.42. The van der Waals surface area contributed by atoms with Crippen molar-refractivity contribution in [2.45, 2.75) is 31.2 Å². The Morgan fingerprint density at radius 2 is 1.88 bits per heavy atom. The van der Waals surface area contributed by atoms with Gasteiger partial charge in [0.05, 0.1) is 11.6 Å². The van der Waals surface area contributed by atoms with Gasteiger partial charge in [-0.05, 0) is 60.6 Å². The van der Waals surface area contributed by atoms with Crippen LogP contribution >= 0.6 is 11.6 Å². The number of carbonyl (C=O) groups is 1. The number of fused-ring (bicyclic) bond motifs is 3. The summed E-state index contributed by atoms with van der Waals surface area (Å²) >= 11 is 6.11. The Morgan fingerprint density at radius 3 is 2.56 bits per heavy atom. The van der Waals surface area contributed by atoms with Crippen LogP contribution in [0.15, 0.2) is 30.3 Å². The number of anilines is 1. The molecule has 4 rings (SSSR count). The zero-order valence-corrected chi connectivity index (χ0v) is 14.0. The summed E-state index contributed by atoms with van der Waals surface area (Å²) in [4.78, 5) is 11.0. The maximum absolute atomic E-state index is 14.6. The second kappa shape index (κ2) is 5.99. The molecule has 1 aliphatic heterocycles. The van der Waals surface area contributed by atoms with E-state index in [0.717, 1.165) is 42.6 Å². The number of rotatable bonds is 2. The molecule has 0 spiro atoms. The van der Waals surface area contributed by atoms with Crippen molar-refractivity contribution in [3.63, 3.8) is 0 Å². The summed E-state index contributed by atoms with van der Waals surface area (Å²) in [6.07, 6.45) is 2.79. The van der Waals surface area contributed by atoms with Crippen LogP contribution in [0.3, 0.4) is 0 Å². The Bertz CT molecular complexity index is 847. The number of halogens is 3. The van der Waals surface area contributed by atoms with Crippen molar-refractivity contribution in [3.05, 3.63) is 63.7 Å². The lowest BCUT2D eigenvalue weighted by Crippen LogP contribution is -2.30. The lowest BCUT2D eigenvalue weighted by molar-refractivity contribution is 0.0695. The Morgan fingerprint density at radius 1 is 1.16 bits per heavy atom. The molecule has 6 heteroatoms. The van der Waals surface area contributed by atoms with Gasteiger partial charge in [0.15, 0.2) is 0 Å². The fourth-order valence-corrected chi connectivity index (χ4v) is 4.49. The molecule has 1 saturated carbocycles. The van der Waals surface area contributed by atoms with Crippen LogP contribution in [0.2, 0.25) is 5.02 Å². The third-order valence-electron chi connectivity index (χ3n) is 5.36. The van der Waals surface area contributed by atoms with Crippen LogP contribution < -0.4 is 5.32 Å². The normalized spacial score (nSPS) is 24.4. The van der Waals surface area contributed by atoms with Crippen molar-refractivity contribution in [1.82, 2.24) is 0 Å². The maximum atomic E-state index is 14.6. The molecule has 1 heterocycles. The molecule has 2 aromatic rings. The first-order chi connectivity index (χ1) is 12.0. The number of aromatic carboxylic acids is 1. The first-order valence-corrected chi connectivity index (χ1v) is 8.61. The van der Waals surface area contributed by atoms with Crippen LogP contribution in [0, 0.1) is 17.6 Å². The van der Waals surface area contributed by atoms with Gasteiger partial charge in [-0.3, -0.25) is 0 Å². The molecule has 0 unspecified atom stereocenters. The van der Waals surface area contributed by atoms with Crippen LogP contribution in [0.25, 0.3) is 0 Å². The van der Waals surface area contributed by atoms with Crippen molar-refractivity contribution in [2.24, 2.45) is 5.92 Å². The smallest absolute Gasteiger partial charge is 0.335 e. The van der Waals surface area contributed by atoms with Crippen LogP contribution in [0.4, 0.5) is 14.5 Å². The van der Waals surface area contributed by atoms with E-state index in [1.807, 2.05) is 12.1 Å². The maximum Gasteiger partial charge on any atom is 0.335 e. The number of carboxylic acids is 1. The van der Waals surface area contributed by atoms with Gasteiger partial charge in [0.1, 0.15) is 11.6 Å². The van der Waals surface area contributed by atoms with Gasteiger partial charge >= 0.3 is 5.97 Å². The first-order valence-electron chi connectivity index (χ1n) is 8.24. The van der Waals surface area contributed by atoms with E-state index >= 15 is 0 Å². The Balaban J connectivity index is 1.81. The van der Waals surface area contributed by atoms with Crippen LogP contribution in [0.5, 0.6) is 0 Å². The monoisotopic (exact) mass is 363 g/mol. The number of hydrogen-bond acceptors (Lipinski definition) is 2. The number of carboxylic acid groups (broad SMARTS) is 1. The molecule has 0 radical (unpaired) electrons. The third-order valence-corrected chi connectivity index (χ3v) is 5.59. The van der Waals surface area contributed by atoms with Crippen molar-refractivity contribution in [3.8, 4) is 0 Å². The zero-order chi connectivity index (χ0) is 17.7. The summed E-state index contributed by atoms with van der Waals surface area (Å²) in [5.74, 6) is -2.75. The minimum atomic E-state index is -1.35. The van der Waals surface area contributed by atoms with E-state index in [4.69, 9.17) is 16.7 Å². The van der Waals surface area contributed by atoms with Gasteiger partial charge in [-0.1, -0.05) is 18.0 Å². The highest BCUT2D eigenvalue weighted by Crippen LogP contribution is 2.53. The molecule has 0 bridgehead atoms. The van der Waals surface area contributed by atoms with E-state index in [-0.39, 0.29) is 23.0 Å². The molecule has 3 atom stereocenters. The average molecular weight is 364 g/mol. The molecule has 0 saturated heterocycles. The van der Waals surface area contributed by atoms with Gasteiger partial charge in [0.25, 0.3) is 0 Å². The molecule has 1 fully saturated rings. The SMILES string of the molecule is O=C(O)c1cc(F)c([C@@H]2Nc3ccc(Cl)cc3[C@@H]3CCC[C@@H]32)c(F)c1. The first kappa shape index (κ1) is 16.3. The van der Waals surface area contributed by atoms with Crippen molar-refractivity contribution >= 4 is 23.3 Å². The summed E-state index contributed by atoms with van der Waals surface area (Å²) < 4.78 is 29.2. The largest absolute Gasteiger partial charge is 0.478 e. The minimum Gasteiger partial charge on any atom is -0.478 e. The van der Waals surface area contributed by atoms with Crippen LogP contribution in [0.1, 0.15) is 52.7 Å². The Kier molecular flexibility index (Phi) is 3.91.